The number of nitrogens with zero attached hydrogens (tertiary/aromatic N) is 1. The van der Waals surface area contributed by atoms with E-state index in [4.69, 9.17) is 4.74 Å². The van der Waals surface area contributed by atoms with Gasteiger partial charge in [-0.05, 0) is 33.3 Å². The molecule has 16 heavy (non-hydrogen) atoms. The van der Waals surface area contributed by atoms with E-state index in [0.29, 0.717) is 6.04 Å². The Morgan fingerprint density at radius 1 is 1.38 bits per heavy atom. The first kappa shape index (κ1) is 13.0. The first-order chi connectivity index (χ1) is 7.63. The molecule has 0 aliphatic carbocycles. The van der Waals surface area contributed by atoms with Gasteiger partial charge < -0.3 is 10.1 Å². The molecule has 90 valence electrons. The van der Waals surface area contributed by atoms with Crippen molar-refractivity contribution in [2.45, 2.75) is 52.8 Å². The van der Waals surface area contributed by atoms with Crippen molar-refractivity contribution in [1.29, 1.82) is 0 Å². The zero-order valence-electron chi connectivity index (χ0n) is 10.7. The molecule has 1 aromatic rings. The summed E-state index contributed by atoms with van der Waals surface area (Å²) >= 11 is 0. The van der Waals surface area contributed by atoms with Crippen LogP contribution in [-0.4, -0.2) is 17.1 Å². The Hall–Kier alpha value is -1.09. The largest absolute Gasteiger partial charge is 0.475 e. The topological polar surface area (TPSA) is 34.2 Å². The minimum atomic E-state index is 0.164. The van der Waals surface area contributed by atoms with E-state index in [-0.39, 0.29) is 6.10 Å². The van der Waals surface area contributed by atoms with Crippen LogP contribution in [0.2, 0.25) is 0 Å². The average Bonchev–Trinajstić information content (AvgIpc) is 2.26. The van der Waals surface area contributed by atoms with Crippen molar-refractivity contribution >= 4 is 0 Å². The standard InChI is InChI=1S/C13H22N2O/c1-5-11(4)15-9-12-7-6-8-14-13(12)16-10(2)3/h6-8,10-11,15H,5,9H2,1-4H3. The summed E-state index contributed by atoms with van der Waals surface area (Å²) in [7, 11) is 0. The summed E-state index contributed by atoms with van der Waals surface area (Å²) in [5.41, 5.74) is 1.12. The number of ether oxygens (including phenoxy) is 1. The number of aromatic nitrogens is 1. The van der Waals surface area contributed by atoms with Crippen LogP contribution < -0.4 is 10.1 Å². The summed E-state index contributed by atoms with van der Waals surface area (Å²) in [6.07, 6.45) is 3.06. The third kappa shape index (κ3) is 4.19. The highest BCUT2D eigenvalue weighted by Gasteiger charge is 2.07. The van der Waals surface area contributed by atoms with Crippen LogP contribution >= 0.6 is 0 Å². The van der Waals surface area contributed by atoms with Gasteiger partial charge in [-0.1, -0.05) is 13.0 Å². The number of hydrogen-bond acceptors (Lipinski definition) is 3. The molecule has 0 saturated heterocycles. The van der Waals surface area contributed by atoms with Crippen LogP contribution in [-0.2, 0) is 6.54 Å². The van der Waals surface area contributed by atoms with Crippen molar-refractivity contribution in [3.05, 3.63) is 23.9 Å². The third-order valence-corrected chi connectivity index (χ3v) is 2.45. The maximum absolute atomic E-state index is 5.66. The summed E-state index contributed by atoms with van der Waals surface area (Å²) < 4.78 is 5.66. The van der Waals surface area contributed by atoms with E-state index in [2.05, 4.69) is 30.2 Å². The molecular weight excluding hydrogens is 200 g/mol. The monoisotopic (exact) mass is 222 g/mol. The number of nitrogens with one attached hydrogen (secondary N) is 1. The molecule has 0 radical (unpaired) electrons. The highest BCUT2D eigenvalue weighted by molar-refractivity contribution is 5.25. The second-order valence-corrected chi connectivity index (χ2v) is 4.32. The van der Waals surface area contributed by atoms with Crippen molar-refractivity contribution in [2.24, 2.45) is 0 Å². The average molecular weight is 222 g/mol. The van der Waals surface area contributed by atoms with Gasteiger partial charge in [0.2, 0.25) is 5.88 Å². The van der Waals surface area contributed by atoms with E-state index in [0.717, 1.165) is 24.4 Å². The molecule has 0 aliphatic rings. The molecule has 0 bridgehead atoms. The van der Waals surface area contributed by atoms with Gasteiger partial charge in [0.1, 0.15) is 0 Å². The van der Waals surface area contributed by atoms with Gasteiger partial charge in [-0.2, -0.15) is 0 Å². The number of rotatable bonds is 6. The fourth-order valence-electron chi connectivity index (χ4n) is 1.32. The Morgan fingerprint density at radius 2 is 2.12 bits per heavy atom. The summed E-state index contributed by atoms with van der Waals surface area (Å²) in [6, 6.07) is 4.52. The normalized spacial score (nSPS) is 12.8. The zero-order valence-corrected chi connectivity index (χ0v) is 10.7. The highest BCUT2D eigenvalue weighted by Crippen LogP contribution is 2.15. The maximum Gasteiger partial charge on any atom is 0.218 e. The van der Waals surface area contributed by atoms with Crippen molar-refractivity contribution in [3.63, 3.8) is 0 Å². The Morgan fingerprint density at radius 3 is 2.75 bits per heavy atom. The molecule has 1 rings (SSSR count). The van der Waals surface area contributed by atoms with Crippen LogP contribution in [0.15, 0.2) is 18.3 Å². The van der Waals surface area contributed by atoms with Crippen LogP contribution in [0, 0.1) is 0 Å². The summed E-state index contributed by atoms with van der Waals surface area (Å²) in [6.45, 7) is 9.19. The molecule has 0 aromatic carbocycles. The summed E-state index contributed by atoms with van der Waals surface area (Å²) in [5, 5.41) is 3.44. The second-order valence-electron chi connectivity index (χ2n) is 4.32. The molecular formula is C13H22N2O. The van der Waals surface area contributed by atoms with E-state index in [1.54, 1.807) is 6.20 Å². The van der Waals surface area contributed by atoms with Crippen LogP contribution in [0.1, 0.15) is 39.7 Å². The summed E-state index contributed by atoms with van der Waals surface area (Å²) in [5.74, 6) is 0.744. The minimum absolute atomic E-state index is 0.164. The quantitative estimate of drug-likeness (QED) is 0.803. The van der Waals surface area contributed by atoms with Gasteiger partial charge in [0, 0.05) is 24.3 Å². The summed E-state index contributed by atoms with van der Waals surface area (Å²) in [4.78, 5) is 4.26. The van der Waals surface area contributed by atoms with Crippen molar-refractivity contribution < 1.29 is 4.74 Å². The Bertz CT molecular complexity index is 313. The number of hydrogen-bond donors (Lipinski definition) is 1. The van der Waals surface area contributed by atoms with Gasteiger partial charge in [0.05, 0.1) is 6.10 Å². The van der Waals surface area contributed by atoms with E-state index < -0.39 is 0 Å². The fourth-order valence-corrected chi connectivity index (χ4v) is 1.32. The SMILES string of the molecule is CCC(C)NCc1cccnc1OC(C)C. The number of pyridine rings is 1. The fraction of sp³-hybridized carbons (Fsp3) is 0.615. The van der Waals surface area contributed by atoms with Crippen molar-refractivity contribution in [2.75, 3.05) is 0 Å². The van der Waals surface area contributed by atoms with Crippen LogP contribution in [0.25, 0.3) is 0 Å². The molecule has 0 amide bonds. The predicted molar refractivity (Wildman–Crippen MR) is 66.6 cm³/mol. The molecule has 1 aromatic heterocycles. The Balaban J connectivity index is 2.63. The zero-order chi connectivity index (χ0) is 12.0. The van der Waals surface area contributed by atoms with E-state index in [1.165, 1.54) is 0 Å². The molecule has 0 saturated carbocycles. The van der Waals surface area contributed by atoms with Gasteiger partial charge in [0.25, 0.3) is 0 Å². The molecule has 0 spiro atoms. The van der Waals surface area contributed by atoms with Gasteiger partial charge in [-0.15, -0.1) is 0 Å². The van der Waals surface area contributed by atoms with Gasteiger partial charge in [-0.25, -0.2) is 4.98 Å². The van der Waals surface area contributed by atoms with Crippen LogP contribution in [0.5, 0.6) is 5.88 Å². The lowest BCUT2D eigenvalue weighted by Gasteiger charge is -2.15. The Kier molecular flexibility index (Phi) is 5.26. The predicted octanol–water partition coefficient (Wildman–Crippen LogP) is 2.76. The van der Waals surface area contributed by atoms with Crippen molar-refractivity contribution in [3.8, 4) is 5.88 Å². The molecule has 3 heteroatoms. The second kappa shape index (κ2) is 6.48. The van der Waals surface area contributed by atoms with Gasteiger partial charge >= 0.3 is 0 Å². The lowest BCUT2D eigenvalue weighted by atomic mass is 10.2. The van der Waals surface area contributed by atoms with Crippen LogP contribution in [0.3, 0.4) is 0 Å². The Labute approximate surface area is 98.2 Å². The molecule has 0 fully saturated rings. The molecule has 1 N–H and O–H groups in total. The highest BCUT2D eigenvalue weighted by atomic mass is 16.5. The first-order valence-corrected chi connectivity index (χ1v) is 5.97. The molecule has 1 heterocycles. The molecule has 3 nitrogen and oxygen atoms in total. The van der Waals surface area contributed by atoms with Gasteiger partial charge in [0.15, 0.2) is 0 Å². The van der Waals surface area contributed by atoms with Gasteiger partial charge in [-0.3, -0.25) is 0 Å². The van der Waals surface area contributed by atoms with E-state index in [9.17, 15) is 0 Å². The van der Waals surface area contributed by atoms with Crippen molar-refractivity contribution in [1.82, 2.24) is 10.3 Å². The van der Waals surface area contributed by atoms with Crippen LogP contribution in [0.4, 0.5) is 0 Å². The minimum Gasteiger partial charge on any atom is -0.475 e. The first-order valence-electron chi connectivity index (χ1n) is 5.97. The third-order valence-electron chi connectivity index (χ3n) is 2.45. The molecule has 1 unspecified atom stereocenters. The van der Waals surface area contributed by atoms with E-state index >= 15 is 0 Å². The lowest BCUT2D eigenvalue weighted by molar-refractivity contribution is 0.229. The smallest absolute Gasteiger partial charge is 0.218 e. The maximum atomic E-state index is 5.66. The molecule has 0 aliphatic heterocycles. The molecule has 1 atom stereocenters. The van der Waals surface area contributed by atoms with E-state index in [1.807, 2.05) is 19.9 Å². The lowest BCUT2D eigenvalue weighted by Crippen LogP contribution is -2.25.